The van der Waals surface area contributed by atoms with Crippen LogP contribution in [0.5, 0.6) is 0 Å². The Balaban J connectivity index is 1.19. The van der Waals surface area contributed by atoms with E-state index in [0.717, 1.165) is 10.4 Å². The molecule has 1 aliphatic heterocycles. The van der Waals surface area contributed by atoms with Crippen LogP contribution in [0.1, 0.15) is 35.2 Å². The quantitative estimate of drug-likeness (QED) is 0.234. The van der Waals surface area contributed by atoms with Gasteiger partial charge in [-0.2, -0.15) is 5.10 Å². The average molecular weight is 603 g/mol. The number of imidazole rings is 1. The molecule has 2 amide bonds. The molecule has 2 N–H and O–H groups in total. The van der Waals surface area contributed by atoms with Gasteiger partial charge in [-0.25, -0.2) is 13.8 Å². The standard InChI is InChI=1S/C31H25ClF2N6O3/c1-17(41)29-20-7-2-3-11-24(20)40(38-29)16-27(42)39-15-19(33)14-25(39)31(43)36-22-9-4-6-18(28(22)34)12-13-26-35-23-10-5-8-21(32)30(23)37-26/h2-13,19,25H,14-16H2,1H3,(H,35,37)(H,36,43)/b13-12+/t19-,25+/m1/s1. The second-order valence-corrected chi connectivity index (χ2v) is 10.7. The summed E-state index contributed by atoms with van der Waals surface area (Å²) < 4.78 is 31.3. The van der Waals surface area contributed by atoms with Crippen molar-refractivity contribution >= 4 is 69.0 Å². The van der Waals surface area contributed by atoms with E-state index in [1.54, 1.807) is 48.5 Å². The number of nitrogens with zero attached hydrogens (tertiary/aromatic N) is 4. The van der Waals surface area contributed by atoms with Gasteiger partial charge in [-0.3, -0.25) is 19.1 Å². The summed E-state index contributed by atoms with van der Waals surface area (Å²) in [6.45, 7) is 0.794. The van der Waals surface area contributed by atoms with Crippen LogP contribution in [0.25, 0.3) is 34.1 Å². The fraction of sp³-hybridized carbons (Fsp3) is 0.194. The number of aromatic amines is 1. The summed E-state index contributed by atoms with van der Waals surface area (Å²) in [5, 5.41) is 7.89. The number of aromatic nitrogens is 4. The molecule has 0 aliphatic carbocycles. The topological polar surface area (TPSA) is 113 Å². The Labute approximate surface area is 249 Å². The van der Waals surface area contributed by atoms with Gasteiger partial charge in [-0.15, -0.1) is 0 Å². The summed E-state index contributed by atoms with van der Waals surface area (Å²) in [5.41, 5.74) is 2.17. The van der Waals surface area contributed by atoms with E-state index in [0.29, 0.717) is 27.3 Å². The lowest BCUT2D eigenvalue weighted by Crippen LogP contribution is -2.44. The highest BCUT2D eigenvalue weighted by Crippen LogP contribution is 2.27. The van der Waals surface area contributed by atoms with Crippen LogP contribution in [-0.4, -0.2) is 61.0 Å². The molecule has 0 bridgehead atoms. The molecule has 0 unspecified atom stereocenters. The highest BCUT2D eigenvalue weighted by atomic mass is 35.5. The van der Waals surface area contributed by atoms with Crippen LogP contribution in [0.2, 0.25) is 5.02 Å². The zero-order chi connectivity index (χ0) is 30.2. The fourth-order valence-corrected chi connectivity index (χ4v) is 5.51. The smallest absolute Gasteiger partial charge is 0.247 e. The fourth-order valence-electron chi connectivity index (χ4n) is 5.29. The molecule has 43 heavy (non-hydrogen) atoms. The Morgan fingerprint density at radius 1 is 1.09 bits per heavy atom. The van der Waals surface area contributed by atoms with Gasteiger partial charge in [-0.05, 0) is 36.4 Å². The molecule has 9 nitrogen and oxygen atoms in total. The monoisotopic (exact) mass is 602 g/mol. The molecule has 3 heterocycles. The van der Waals surface area contributed by atoms with Crippen LogP contribution in [-0.2, 0) is 16.1 Å². The first-order chi connectivity index (χ1) is 20.7. The number of carbonyl (C=O) groups is 3. The number of Topliss-reactive ketones (excluding diaryl/α,β-unsaturated/α-hetero) is 1. The highest BCUT2D eigenvalue weighted by molar-refractivity contribution is 6.34. The van der Waals surface area contributed by atoms with Gasteiger partial charge in [-0.1, -0.05) is 48.0 Å². The van der Waals surface area contributed by atoms with Crippen molar-refractivity contribution in [3.05, 3.63) is 88.6 Å². The number of alkyl halides is 1. The Morgan fingerprint density at radius 2 is 1.88 bits per heavy atom. The first-order valence-corrected chi connectivity index (χ1v) is 13.9. The van der Waals surface area contributed by atoms with Gasteiger partial charge in [0, 0.05) is 24.3 Å². The third-order valence-corrected chi connectivity index (χ3v) is 7.64. The number of hydrogen-bond acceptors (Lipinski definition) is 5. The number of benzene rings is 3. The molecule has 12 heteroatoms. The largest absolute Gasteiger partial charge is 0.338 e. The predicted molar refractivity (Wildman–Crippen MR) is 160 cm³/mol. The summed E-state index contributed by atoms with van der Waals surface area (Å²) in [5.74, 6) is -1.76. The number of hydrogen-bond donors (Lipinski definition) is 2. The van der Waals surface area contributed by atoms with Gasteiger partial charge in [0.15, 0.2) is 11.6 Å². The number of ketones is 1. The molecule has 0 saturated carbocycles. The summed E-state index contributed by atoms with van der Waals surface area (Å²) in [6.07, 6.45) is 1.43. The molecule has 1 fully saturated rings. The molecular formula is C31H25ClF2N6O3. The Bertz CT molecular complexity index is 1930. The molecule has 218 valence electrons. The SMILES string of the molecule is CC(=O)c1nn(CC(=O)N2C[C@H](F)C[C@H]2C(=O)Nc2cccc(/C=C/c3nc4c(Cl)cccc4[nH]3)c2F)c2ccccc12. The van der Waals surface area contributed by atoms with E-state index < -0.39 is 29.8 Å². The van der Waals surface area contributed by atoms with Crippen molar-refractivity contribution in [2.45, 2.75) is 32.1 Å². The van der Waals surface area contributed by atoms with E-state index in [-0.39, 0.29) is 42.2 Å². The Kier molecular flexibility index (Phi) is 7.49. The maximum Gasteiger partial charge on any atom is 0.247 e. The third kappa shape index (κ3) is 5.51. The van der Waals surface area contributed by atoms with E-state index >= 15 is 4.39 Å². The van der Waals surface area contributed by atoms with Gasteiger partial charge in [0.1, 0.15) is 35.8 Å². The van der Waals surface area contributed by atoms with E-state index in [1.165, 1.54) is 29.8 Å². The molecule has 2 atom stereocenters. The third-order valence-electron chi connectivity index (χ3n) is 7.34. The lowest BCUT2D eigenvalue weighted by atomic mass is 10.1. The minimum atomic E-state index is -1.43. The van der Waals surface area contributed by atoms with Crippen molar-refractivity contribution in [2.75, 3.05) is 11.9 Å². The average Bonchev–Trinajstić information content (AvgIpc) is 3.69. The second-order valence-electron chi connectivity index (χ2n) is 10.3. The predicted octanol–water partition coefficient (Wildman–Crippen LogP) is 5.66. The number of rotatable bonds is 7. The zero-order valence-electron chi connectivity index (χ0n) is 22.9. The first-order valence-electron chi connectivity index (χ1n) is 13.5. The van der Waals surface area contributed by atoms with E-state index in [4.69, 9.17) is 11.6 Å². The lowest BCUT2D eigenvalue weighted by molar-refractivity contribution is -0.137. The summed E-state index contributed by atoms with van der Waals surface area (Å²) in [7, 11) is 0. The van der Waals surface area contributed by atoms with Crippen molar-refractivity contribution in [1.82, 2.24) is 24.6 Å². The molecule has 2 aromatic heterocycles. The Hall–Kier alpha value is -4.90. The molecular weight excluding hydrogens is 578 g/mol. The number of halogens is 3. The maximum absolute atomic E-state index is 15.4. The number of anilines is 1. The van der Waals surface area contributed by atoms with E-state index in [9.17, 15) is 18.8 Å². The van der Waals surface area contributed by atoms with Crippen LogP contribution in [0, 0.1) is 5.82 Å². The van der Waals surface area contributed by atoms with Gasteiger partial charge in [0.05, 0.1) is 28.3 Å². The van der Waals surface area contributed by atoms with Gasteiger partial charge < -0.3 is 15.2 Å². The molecule has 0 radical (unpaired) electrons. The molecule has 1 aliphatic rings. The van der Waals surface area contributed by atoms with Crippen molar-refractivity contribution in [2.24, 2.45) is 0 Å². The maximum atomic E-state index is 15.4. The van der Waals surface area contributed by atoms with Crippen molar-refractivity contribution < 1.29 is 23.2 Å². The van der Waals surface area contributed by atoms with Crippen LogP contribution in [0.15, 0.2) is 60.7 Å². The molecule has 0 spiro atoms. The number of para-hydroxylation sites is 2. The molecule has 5 aromatic rings. The minimum absolute atomic E-state index is 0.112. The van der Waals surface area contributed by atoms with Crippen LogP contribution < -0.4 is 5.32 Å². The van der Waals surface area contributed by atoms with Crippen LogP contribution >= 0.6 is 11.6 Å². The molecule has 1 saturated heterocycles. The first kappa shape index (κ1) is 28.2. The highest BCUT2D eigenvalue weighted by Gasteiger charge is 2.40. The second kappa shape index (κ2) is 11.4. The lowest BCUT2D eigenvalue weighted by Gasteiger charge is -2.24. The number of likely N-dealkylation sites (tertiary alicyclic amines) is 1. The number of carbonyl (C=O) groups excluding carboxylic acids is 3. The summed E-state index contributed by atoms with van der Waals surface area (Å²) >= 11 is 6.18. The van der Waals surface area contributed by atoms with Gasteiger partial charge in [0.2, 0.25) is 11.8 Å². The number of fused-ring (bicyclic) bond motifs is 2. The number of H-pyrrole nitrogens is 1. The van der Waals surface area contributed by atoms with Crippen molar-refractivity contribution in [1.29, 1.82) is 0 Å². The minimum Gasteiger partial charge on any atom is -0.338 e. The van der Waals surface area contributed by atoms with Crippen molar-refractivity contribution in [3.8, 4) is 0 Å². The zero-order valence-corrected chi connectivity index (χ0v) is 23.6. The summed E-state index contributed by atoms with van der Waals surface area (Å²) in [6, 6.07) is 15.6. The number of nitrogens with one attached hydrogen (secondary N) is 2. The van der Waals surface area contributed by atoms with Crippen molar-refractivity contribution in [3.63, 3.8) is 0 Å². The van der Waals surface area contributed by atoms with Gasteiger partial charge >= 0.3 is 0 Å². The van der Waals surface area contributed by atoms with Crippen LogP contribution in [0.4, 0.5) is 14.5 Å². The van der Waals surface area contributed by atoms with Gasteiger partial charge in [0.25, 0.3) is 0 Å². The van der Waals surface area contributed by atoms with E-state index in [1.807, 2.05) is 6.07 Å². The van der Waals surface area contributed by atoms with Crippen LogP contribution in [0.3, 0.4) is 0 Å². The molecule has 3 aromatic carbocycles. The Morgan fingerprint density at radius 3 is 2.67 bits per heavy atom. The summed E-state index contributed by atoms with van der Waals surface area (Å²) in [4.78, 5) is 47.3. The molecule has 6 rings (SSSR count). The van der Waals surface area contributed by atoms with E-state index in [2.05, 4.69) is 20.4 Å². The normalized spacial score (nSPS) is 16.9. The number of amides is 2.